The molecular formula is C23H23NO5. The zero-order chi connectivity index (χ0) is 19.8. The van der Waals surface area contributed by atoms with Crippen molar-refractivity contribution in [1.29, 1.82) is 0 Å². The highest BCUT2D eigenvalue weighted by molar-refractivity contribution is 5.86. The van der Waals surface area contributed by atoms with Crippen LogP contribution in [0, 0.1) is 0 Å². The summed E-state index contributed by atoms with van der Waals surface area (Å²) in [7, 11) is 1.60. The molecular weight excluding hydrogens is 370 g/mol. The fourth-order valence-corrected chi connectivity index (χ4v) is 4.20. The topological polar surface area (TPSA) is 61.1 Å². The maximum Gasteiger partial charge on any atom is 0.200 e. The molecule has 0 spiro atoms. The first kappa shape index (κ1) is 18.2. The third-order valence-electron chi connectivity index (χ3n) is 5.67. The van der Waals surface area contributed by atoms with E-state index >= 15 is 0 Å². The van der Waals surface area contributed by atoms with E-state index in [4.69, 9.17) is 18.6 Å². The zero-order valence-corrected chi connectivity index (χ0v) is 16.3. The fourth-order valence-electron chi connectivity index (χ4n) is 4.20. The number of nitrogens with zero attached hydrogens (tertiary/aromatic N) is 1. The Bertz CT molecular complexity index is 1100. The minimum Gasteiger partial charge on any atom is -0.496 e. The average molecular weight is 393 g/mol. The molecule has 5 rings (SSSR count). The lowest BCUT2D eigenvalue weighted by molar-refractivity contribution is 0.0281. The lowest BCUT2D eigenvalue weighted by atomic mass is 10.0. The molecule has 1 atom stereocenters. The van der Waals surface area contributed by atoms with E-state index in [0.717, 1.165) is 42.9 Å². The molecule has 3 heterocycles. The monoisotopic (exact) mass is 393 g/mol. The molecule has 3 aromatic rings. The lowest BCUT2D eigenvalue weighted by Crippen LogP contribution is -2.37. The van der Waals surface area contributed by atoms with Crippen molar-refractivity contribution < 1.29 is 18.6 Å². The summed E-state index contributed by atoms with van der Waals surface area (Å²) in [5.41, 5.74) is 2.64. The lowest BCUT2D eigenvalue weighted by Gasteiger charge is -2.30. The second-order valence-electron chi connectivity index (χ2n) is 7.52. The van der Waals surface area contributed by atoms with E-state index in [0.29, 0.717) is 35.6 Å². The number of fused-ring (bicyclic) bond motifs is 3. The number of ether oxygens (including phenoxy) is 3. The first-order chi connectivity index (χ1) is 14.2. The molecule has 0 aliphatic carbocycles. The summed E-state index contributed by atoms with van der Waals surface area (Å²) in [5.74, 6) is 1.41. The first-order valence-electron chi connectivity index (χ1n) is 9.92. The first-order valence-corrected chi connectivity index (χ1v) is 9.92. The van der Waals surface area contributed by atoms with Crippen LogP contribution in [0.15, 0.2) is 51.9 Å². The van der Waals surface area contributed by atoms with Gasteiger partial charge >= 0.3 is 0 Å². The van der Waals surface area contributed by atoms with Gasteiger partial charge in [-0.2, -0.15) is 0 Å². The van der Waals surface area contributed by atoms with Crippen LogP contribution in [0.25, 0.3) is 22.1 Å². The van der Waals surface area contributed by atoms with Crippen LogP contribution >= 0.6 is 0 Å². The number of rotatable bonds is 4. The molecule has 1 fully saturated rings. The van der Waals surface area contributed by atoms with Crippen molar-refractivity contribution in [2.24, 2.45) is 0 Å². The van der Waals surface area contributed by atoms with E-state index in [2.05, 4.69) is 4.90 Å². The largest absolute Gasteiger partial charge is 0.496 e. The summed E-state index contributed by atoms with van der Waals surface area (Å²) in [4.78, 5) is 15.5. The van der Waals surface area contributed by atoms with Crippen LogP contribution in [-0.2, 0) is 11.3 Å². The van der Waals surface area contributed by atoms with Crippen molar-refractivity contribution in [2.45, 2.75) is 25.5 Å². The van der Waals surface area contributed by atoms with Gasteiger partial charge in [0.15, 0.2) is 0 Å². The molecule has 150 valence electrons. The van der Waals surface area contributed by atoms with Crippen molar-refractivity contribution in [3.63, 3.8) is 0 Å². The summed E-state index contributed by atoms with van der Waals surface area (Å²) in [6.07, 6.45) is 3.97. The van der Waals surface area contributed by atoms with Crippen molar-refractivity contribution in [1.82, 2.24) is 4.90 Å². The van der Waals surface area contributed by atoms with E-state index < -0.39 is 0 Å². The maximum atomic E-state index is 13.3. The maximum absolute atomic E-state index is 13.3. The Morgan fingerprint density at radius 2 is 2.07 bits per heavy atom. The zero-order valence-electron chi connectivity index (χ0n) is 16.3. The molecule has 0 N–H and O–H groups in total. The number of benzene rings is 2. The van der Waals surface area contributed by atoms with E-state index in [1.54, 1.807) is 13.2 Å². The smallest absolute Gasteiger partial charge is 0.200 e. The second-order valence-corrected chi connectivity index (χ2v) is 7.52. The highest BCUT2D eigenvalue weighted by atomic mass is 16.5. The fraction of sp³-hybridized carbons (Fsp3) is 0.348. The van der Waals surface area contributed by atoms with Crippen molar-refractivity contribution in [3.8, 4) is 22.6 Å². The SMILES string of the molecule is COc1ccccc1-c1coc2c3c(ccc2c1=O)OCN(C[C@H]1CCCO1)C3. The molecule has 6 heteroatoms. The van der Waals surface area contributed by atoms with Crippen LogP contribution in [0.3, 0.4) is 0 Å². The van der Waals surface area contributed by atoms with Crippen LogP contribution < -0.4 is 14.9 Å². The Morgan fingerprint density at radius 3 is 2.90 bits per heavy atom. The minimum absolute atomic E-state index is 0.0743. The molecule has 6 nitrogen and oxygen atoms in total. The molecule has 0 amide bonds. The summed E-state index contributed by atoms with van der Waals surface area (Å²) in [5, 5.41) is 0.551. The van der Waals surface area contributed by atoms with Crippen molar-refractivity contribution in [3.05, 3.63) is 58.4 Å². The van der Waals surface area contributed by atoms with Crippen LogP contribution in [0.4, 0.5) is 0 Å². The van der Waals surface area contributed by atoms with E-state index in [1.807, 2.05) is 30.3 Å². The second kappa shape index (κ2) is 7.54. The van der Waals surface area contributed by atoms with Gasteiger partial charge in [-0.15, -0.1) is 0 Å². The van der Waals surface area contributed by atoms with Crippen LogP contribution in [0.1, 0.15) is 18.4 Å². The Labute approximate surface area is 168 Å². The van der Waals surface area contributed by atoms with Gasteiger partial charge < -0.3 is 18.6 Å². The Balaban J connectivity index is 1.54. The third-order valence-corrected chi connectivity index (χ3v) is 5.67. The minimum atomic E-state index is -0.0743. The van der Waals surface area contributed by atoms with Gasteiger partial charge in [0, 0.05) is 25.3 Å². The van der Waals surface area contributed by atoms with Gasteiger partial charge in [0.05, 0.1) is 29.7 Å². The predicted octanol–water partition coefficient (Wildman–Crippen LogP) is 3.80. The Hall–Kier alpha value is -2.83. The van der Waals surface area contributed by atoms with Crippen molar-refractivity contribution in [2.75, 3.05) is 27.0 Å². The molecule has 2 aliphatic heterocycles. The average Bonchev–Trinajstić information content (AvgIpc) is 3.27. The number of methoxy groups -OCH3 is 1. The van der Waals surface area contributed by atoms with Crippen LogP contribution in [0.5, 0.6) is 11.5 Å². The highest BCUT2D eigenvalue weighted by Gasteiger charge is 2.26. The van der Waals surface area contributed by atoms with E-state index in [1.165, 1.54) is 6.26 Å². The molecule has 29 heavy (non-hydrogen) atoms. The Morgan fingerprint density at radius 1 is 1.17 bits per heavy atom. The van der Waals surface area contributed by atoms with Gasteiger partial charge in [-0.3, -0.25) is 9.69 Å². The van der Waals surface area contributed by atoms with Gasteiger partial charge in [0.1, 0.15) is 30.1 Å². The highest BCUT2D eigenvalue weighted by Crippen LogP contribution is 2.34. The third kappa shape index (κ3) is 3.28. The Kier molecular flexibility index (Phi) is 4.73. The number of para-hydroxylation sites is 1. The predicted molar refractivity (Wildman–Crippen MR) is 109 cm³/mol. The molecule has 0 unspecified atom stereocenters. The molecule has 1 aromatic heterocycles. The summed E-state index contributed by atoms with van der Waals surface area (Å²) in [6, 6.07) is 11.1. The normalized spacial score (nSPS) is 19.1. The van der Waals surface area contributed by atoms with Gasteiger partial charge in [0.2, 0.25) is 5.43 Å². The molecule has 2 aromatic carbocycles. The van der Waals surface area contributed by atoms with E-state index in [9.17, 15) is 4.79 Å². The molecule has 2 aliphatic rings. The molecule has 0 radical (unpaired) electrons. The number of hydrogen-bond acceptors (Lipinski definition) is 6. The molecule has 0 bridgehead atoms. The number of hydrogen-bond donors (Lipinski definition) is 0. The molecule has 1 saturated heterocycles. The van der Waals surface area contributed by atoms with Crippen LogP contribution in [-0.4, -0.2) is 38.0 Å². The van der Waals surface area contributed by atoms with Gasteiger partial charge in [-0.25, -0.2) is 0 Å². The van der Waals surface area contributed by atoms with Gasteiger partial charge in [-0.1, -0.05) is 18.2 Å². The van der Waals surface area contributed by atoms with E-state index in [-0.39, 0.29) is 11.5 Å². The summed E-state index contributed by atoms with van der Waals surface area (Å²) < 4.78 is 23.1. The van der Waals surface area contributed by atoms with Crippen LogP contribution in [0.2, 0.25) is 0 Å². The van der Waals surface area contributed by atoms with Crippen molar-refractivity contribution >= 4 is 11.0 Å². The standard InChI is InChI=1S/C23H23NO5/c1-26-20-7-3-2-6-16(20)19-13-28-23-17(22(19)25)8-9-21-18(23)12-24(14-29-21)11-15-5-4-10-27-15/h2-3,6-9,13,15H,4-5,10-12,14H2,1H3/t15-/m1/s1. The quantitative estimate of drug-likeness (QED) is 0.672. The summed E-state index contributed by atoms with van der Waals surface area (Å²) in [6.45, 7) is 2.84. The van der Waals surface area contributed by atoms with Gasteiger partial charge in [0.25, 0.3) is 0 Å². The van der Waals surface area contributed by atoms with Gasteiger partial charge in [-0.05, 0) is 31.0 Å². The summed E-state index contributed by atoms with van der Waals surface area (Å²) >= 11 is 0. The molecule has 0 saturated carbocycles.